The van der Waals surface area contributed by atoms with Crippen molar-refractivity contribution in [2.75, 3.05) is 6.54 Å². The molecule has 0 bridgehead atoms. The van der Waals surface area contributed by atoms with Crippen LogP contribution in [0.2, 0.25) is 0 Å². The maximum Gasteiger partial charge on any atom is 0.384 e. The van der Waals surface area contributed by atoms with Crippen LogP contribution in [0.25, 0.3) is 4.85 Å². The lowest BCUT2D eigenvalue weighted by Crippen LogP contribution is -2.15. The number of nitrogens with zero attached hydrogens (tertiary/aromatic N) is 2. The lowest BCUT2D eigenvalue weighted by atomic mass is 9.82. The molecule has 2 saturated carbocycles. The normalized spacial score (nSPS) is 18.8. The average Bonchev–Trinajstić information content (AvgIpc) is 2.73. The number of rotatable bonds is 5. The maximum absolute atomic E-state index is 10.4. The first-order valence-corrected chi connectivity index (χ1v) is 10.5. The van der Waals surface area contributed by atoms with E-state index in [0.29, 0.717) is 18.3 Å². The molecule has 0 heterocycles. The van der Waals surface area contributed by atoms with Gasteiger partial charge < -0.3 is 14.7 Å². The molecule has 2 rings (SSSR count). The Labute approximate surface area is 170 Å². The Balaban J connectivity index is 0.000000414. The van der Waals surface area contributed by atoms with Crippen LogP contribution in [0.1, 0.15) is 84.5 Å². The van der Waals surface area contributed by atoms with Gasteiger partial charge >= 0.3 is 12.5 Å². The van der Waals surface area contributed by atoms with E-state index < -0.39 is 12.5 Å². The van der Waals surface area contributed by atoms with Gasteiger partial charge in [-0.25, -0.2) is 11.4 Å². The van der Waals surface area contributed by atoms with E-state index in [1.807, 2.05) is 6.92 Å². The van der Waals surface area contributed by atoms with Crippen molar-refractivity contribution in [3.8, 4) is 6.07 Å². The predicted molar refractivity (Wildman–Crippen MR) is 111 cm³/mol. The summed E-state index contributed by atoms with van der Waals surface area (Å²) >= 11 is 0. The summed E-state index contributed by atoms with van der Waals surface area (Å²) in [6.07, 6.45) is 17.2. The van der Waals surface area contributed by atoms with Crippen molar-refractivity contribution >= 4 is 12.3 Å². The van der Waals surface area contributed by atoms with Crippen molar-refractivity contribution in [2.24, 2.45) is 17.8 Å². The van der Waals surface area contributed by atoms with Gasteiger partial charge in [-0.05, 0) is 44.4 Å². The highest BCUT2D eigenvalue weighted by molar-refractivity contribution is 5.70. The second kappa shape index (κ2) is 17.0. The van der Waals surface area contributed by atoms with E-state index in [-0.39, 0.29) is 0 Å². The zero-order valence-corrected chi connectivity index (χ0v) is 17.5. The fourth-order valence-corrected chi connectivity index (χ4v) is 3.77. The zero-order chi connectivity index (χ0) is 21.2. The van der Waals surface area contributed by atoms with Crippen LogP contribution >= 0.6 is 0 Å². The number of allylic oxidation sites excluding steroid dienone is 2. The highest BCUT2D eigenvalue weighted by atomic mass is 16.4. The zero-order valence-electron chi connectivity index (χ0n) is 17.5. The topological polar surface area (TPSA) is 82.5 Å². The van der Waals surface area contributed by atoms with Gasteiger partial charge in [0, 0.05) is 5.92 Å². The van der Waals surface area contributed by atoms with E-state index in [0.717, 1.165) is 12.2 Å². The summed E-state index contributed by atoms with van der Waals surface area (Å²) in [6, 6.07) is 2.16. The molecule has 0 saturated heterocycles. The number of carbonyl (C=O) groups is 2. The van der Waals surface area contributed by atoms with Gasteiger partial charge in [0.1, 0.15) is 6.29 Å². The number of aliphatic carboxylic acids is 1. The molecule has 156 valence electrons. The minimum atomic E-state index is -1.06. The highest BCUT2D eigenvalue weighted by Crippen LogP contribution is 2.29. The number of carbonyl (C=O) groups excluding carboxylic acids is 1. The van der Waals surface area contributed by atoms with Crippen LogP contribution < -0.4 is 0 Å². The van der Waals surface area contributed by atoms with E-state index in [2.05, 4.69) is 23.9 Å². The van der Waals surface area contributed by atoms with Crippen LogP contribution in [-0.2, 0) is 9.59 Å². The molecule has 5 heteroatoms. The van der Waals surface area contributed by atoms with Gasteiger partial charge in [0.05, 0.1) is 12.5 Å². The van der Waals surface area contributed by atoms with Crippen molar-refractivity contribution < 1.29 is 14.7 Å². The Bertz CT molecular complexity index is 545. The lowest BCUT2D eigenvalue weighted by Gasteiger charge is -2.23. The molecule has 1 unspecified atom stereocenters. The van der Waals surface area contributed by atoms with Gasteiger partial charge in [-0.2, -0.15) is 5.26 Å². The van der Waals surface area contributed by atoms with Crippen LogP contribution in [0.15, 0.2) is 11.6 Å². The van der Waals surface area contributed by atoms with Gasteiger partial charge in [0.2, 0.25) is 0 Å². The summed E-state index contributed by atoms with van der Waals surface area (Å²) < 4.78 is 0. The fraction of sp³-hybridized carbons (Fsp3) is 0.739. The number of nitriles is 1. The van der Waals surface area contributed by atoms with Gasteiger partial charge in [-0.1, -0.05) is 57.1 Å². The average molecular weight is 389 g/mol. The maximum atomic E-state index is 10.4. The Morgan fingerprint density at radius 1 is 1.18 bits per heavy atom. The summed E-state index contributed by atoms with van der Waals surface area (Å²) in [4.78, 5) is 22.4. The van der Waals surface area contributed by atoms with E-state index in [1.54, 1.807) is 0 Å². The van der Waals surface area contributed by atoms with Crippen molar-refractivity contribution in [3.63, 3.8) is 0 Å². The Morgan fingerprint density at radius 2 is 1.71 bits per heavy atom. The van der Waals surface area contributed by atoms with Gasteiger partial charge in [0.15, 0.2) is 0 Å². The fourth-order valence-electron chi connectivity index (χ4n) is 3.77. The summed E-state index contributed by atoms with van der Waals surface area (Å²) in [7, 11) is 0. The molecule has 1 N–H and O–H groups in total. The second-order valence-electron chi connectivity index (χ2n) is 7.75. The summed E-state index contributed by atoms with van der Waals surface area (Å²) in [5.74, 6) is 0.726. The molecule has 0 radical (unpaired) electrons. The number of hydrogen-bond acceptors (Lipinski definition) is 3. The smallest absolute Gasteiger partial charge is 0.384 e. The van der Waals surface area contributed by atoms with Gasteiger partial charge in [-0.3, -0.25) is 0 Å². The standard InChI is InChI=1S/C11H17N.C9H16O.C3H3NO2/c1-10(6-5-9-12)11-7-3-2-4-8-11;1-8(7-10)9-5-3-2-4-6-9;1-4-2-3(5)6/h6,11H,2-5,7-8H2,1H3;7-9H,2-6H2,1H3;2H2,(H,5,6). The van der Waals surface area contributed by atoms with E-state index in [1.165, 1.54) is 69.8 Å². The first-order chi connectivity index (χ1) is 13.5. The van der Waals surface area contributed by atoms with Crippen LogP contribution in [-0.4, -0.2) is 23.9 Å². The number of carboxylic acid groups (broad SMARTS) is 1. The van der Waals surface area contributed by atoms with E-state index in [4.69, 9.17) is 16.9 Å². The van der Waals surface area contributed by atoms with Gasteiger partial charge in [-0.15, -0.1) is 0 Å². The van der Waals surface area contributed by atoms with Crippen LogP contribution in [0.3, 0.4) is 0 Å². The molecule has 2 aliphatic rings. The molecule has 0 aromatic heterocycles. The second-order valence-corrected chi connectivity index (χ2v) is 7.75. The molecule has 1 atom stereocenters. The molecule has 0 aromatic rings. The van der Waals surface area contributed by atoms with E-state index in [9.17, 15) is 9.59 Å². The molecule has 2 aliphatic carbocycles. The van der Waals surface area contributed by atoms with Crippen molar-refractivity contribution in [3.05, 3.63) is 23.1 Å². The molecule has 0 aromatic carbocycles. The quantitative estimate of drug-likeness (QED) is 0.365. The first kappa shape index (κ1) is 25.9. The molecule has 0 spiro atoms. The lowest BCUT2D eigenvalue weighted by molar-refractivity contribution is -0.134. The molecule has 0 aliphatic heterocycles. The molecule has 5 nitrogen and oxygen atoms in total. The minimum absolute atomic E-state index is 0.306. The molecular formula is C23H36N2O3. The minimum Gasteiger partial charge on any atom is -0.476 e. The Kier molecular flexibility index (Phi) is 15.7. The van der Waals surface area contributed by atoms with Crippen LogP contribution in [0.5, 0.6) is 0 Å². The number of hydrogen-bond donors (Lipinski definition) is 1. The number of carboxylic acids is 1. The Hall–Kier alpha value is -2.14. The SMILES string of the molecule is CC(=CCC#N)C1CCCCC1.CC(C=O)C1CCCCC1.[C-]#[N+]CC(=O)O. The summed E-state index contributed by atoms with van der Waals surface area (Å²) in [5, 5.41) is 16.1. The summed E-state index contributed by atoms with van der Waals surface area (Å²) in [6.45, 7) is 9.78. The first-order valence-electron chi connectivity index (χ1n) is 10.5. The molecule has 2 fully saturated rings. The van der Waals surface area contributed by atoms with E-state index >= 15 is 0 Å². The largest absolute Gasteiger partial charge is 0.476 e. The molecule has 28 heavy (non-hydrogen) atoms. The molecular weight excluding hydrogens is 352 g/mol. The third-order valence-electron chi connectivity index (χ3n) is 5.59. The highest BCUT2D eigenvalue weighted by Gasteiger charge is 2.18. The molecule has 0 amide bonds. The Morgan fingerprint density at radius 3 is 2.11 bits per heavy atom. The van der Waals surface area contributed by atoms with Crippen molar-refractivity contribution in [2.45, 2.75) is 84.5 Å². The third-order valence-corrected chi connectivity index (χ3v) is 5.59. The van der Waals surface area contributed by atoms with Crippen molar-refractivity contribution in [1.29, 1.82) is 5.26 Å². The predicted octanol–water partition coefficient (Wildman–Crippen LogP) is 5.82. The van der Waals surface area contributed by atoms with Gasteiger partial charge in [0.25, 0.3) is 0 Å². The third kappa shape index (κ3) is 13.1. The summed E-state index contributed by atoms with van der Waals surface area (Å²) in [5.41, 5.74) is 1.44. The number of aldehydes is 1. The van der Waals surface area contributed by atoms with Crippen molar-refractivity contribution in [1.82, 2.24) is 0 Å². The monoisotopic (exact) mass is 388 g/mol. The van der Waals surface area contributed by atoms with Crippen LogP contribution in [0, 0.1) is 35.7 Å². The van der Waals surface area contributed by atoms with Crippen LogP contribution in [0.4, 0.5) is 0 Å².